The van der Waals surface area contributed by atoms with Crippen LogP contribution in [0, 0.1) is 0 Å². The first-order chi connectivity index (χ1) is 20.5. The molecule has 1 aromatic heterocycles. The fraction of sp³-hybridized carbons (Fsp3) is 0.276. The number of benzene rings is 2. The molecular weight excluding hydrogens is 589 g/mol. The maximum atomic E-state index is 12.6. The average molecular weight is 626 g/mol. The Labute approximate surface area is 253 Å². The number of hydrogen-bond donors (Lipinski definition) is 3. The molecule has 1 fully saturated rings. The molecule has 0 radical (unpaired) electrons. The van der Waals surface area contributed by atoms with Gasteiger partial charge in [-0.05, 0) is 60.2 Å². The van der Waals surface area contributed by atoms with Crippen LogP contribution < -0.4 is 25.4 Å². The fourth-order valence-corrected chi connectivity index (χ4v) is 5.47. The van der Waals surface area contributed by atoms with Gasteiger partial charge in [0, 0.05) is 44.0 Å². The predicted molar refractivity (Wildman–Crippen MR) is 170 cm³/mol. The number of aliphatic imine (C=N–C) groups is 1. The number of hydrogen-bond acceptors (Lipinski definition) is 9. The van der Waals surface area contributed by atoms with Gasteiger partial charge in [0.15, 0.2) is 0 Å². The summed E-state index contributed by atoms with van der Waals surface area (Å²) in [5.41, 5.74) is 6.91. The van der Waals surface area contributed by atoms with E-state index >= 15 is 0 Å². The molecule has 0 saturated carbocycles. The zero-order chi connectivity index (χ0) is 31.0. The highest BCUT2D eigenvalue weighted by Crippen LogP contribution is 2.36. The van der Waals surface area contributed by atoms with Gasteiger partial charge in [-0.25, -0.2) is 18.5 Å². The molecular formula is C29H36N7O5PS. The number of aromatic nitrogens is 1. The van der Waals surface area contributed by atoms with Gasteiger partial charge in [0.25, 0.3) is 0 Å². The molecule has 1 aliphatic rings. The summed E-state index contributed by atoms with van der Waals surface area (Å²) >= 11 is 0. The summed E-state index contributed by atoms with van der Waals surface area (Å²) in [4.78, 5) is 25.2. The molecule has 2 aromatic carbocycles. The van der Waals surface area contributed by atoms with Crippen LogP contribution in [0.4, 0.5) is 5.82 Å². The Morgan fingerprint density at radius 1 is 1.16 bits per heavy atom. The quantitative estimate of drug-likeness (QED) is 0.118. The van der Waals surface area contributed by atoms with Crippen LogP contribution in [0.5, 0.6) is 23.0 Å². The van der Waals surface area contributed by atoms with Crippen LogP contribution in [0.2, 0.25) is 0 Å². The van der Waals surface area contributed by atoms with Crippen LogP contribution in [0.1, 0.15) is 12.0 Å². The molecule has 5 N–H and O–H groups in total. The molecule has 2 atom stereocenters. The predicted octanol–water partition coefficient (Wildman–Crippen LogP) is 3.37. The Balaban J connectivity index is 1.62. The second kappa shape index (κ2) is 14.4. The second-order valence-corrected chi connectivity index (χ2v) is 12.3. The molecule has 43 heavy (non-hydrogen) atoms. The van der Waals surface area contributed by atoms with Crippen molar-refractivity contribution in [2.75, 3.05) is 45.5 Å². The van der Waals surface area contributed by atoms with Crippen molar-refractivity contribution >= 4 is 36.3 Å². The van der Waals surface area contributed by atoms with Crippen molar-refractivity contribution < 1.29 is 22.7 Å². The number of amides is 1. The molecule has 3 aromatic rings. The molecule has 0 bridgehead atoms. The van der Waals surface area contributed by atoms with E-state index in [-0.39, 0.29) is 48.7 Å². The van der Waals surface area contributed by atoms with E-state index in [1.807, 2.05) is 37.8 Å². The maximum Gasteiger partial charge on any atom is 0.246 e. The number of ether oxygens (including phenoxy) is 2. The van der Waals surface area contributed by atoms with E-state index in [4.69, 9.17) is 25.3 Å². The molecule has 14 heteroatoms. The van der Waals surface area contributed by atoms with Crippen LogP contribution in [-0.4, -0.2) is 81.4 Å². The van der Waals surface area contributed by atoms with E-state index in [0.717, 1.165) is 0 Å². The zero-order valence-corrected chi connectivity index (χ0v) is 26.0. The lowest BCUT2D eigenvalue weighted by Gasteiger charge is -2.18. The van der Waals surface area contributed by atoms with E-state index in [1.165, 1.54) is 18.3 Å². The molecule has 1 aliphatic heterocycles. The molecule has 0 spiro atoms. The van der Waals surface area contributed by atoms with Crippen LogP contribution in [0.15, 0.2) is 82.8 Å². The van der Waals surface area contributed by atoms with Gasteiger partial charge in [-0.15, -0.1) is 0 Å². The normalized spacial score (nSPS) is 16.0. The summed E-state index contributed by atoms with van der Waals surface area (Å²) in [5, 5.41) is 8.75. The standard InChI is InChI=1S/C29H36N7O5PS/c1-35(2)16-7-10-26(37)36-17-14-20(19-36)33-28(30)27-24(13-15-32-29(27)34-42-3)41-23-12-11-22(18-25(23)43(31,38)39)40-21-8-5-4-6-9-21/h4-13,15,18,20,42H,14,16-17,19H2,1-3H3,(H2,30,33)(H,32,34)(H2,31,38,39)/b10-7+/t20-/m1/s1. The summed E-state index contributed by atoms with van der Waals surface area (Å²) in [6, 6.07) is 14.6. The highest BCUT2D eigenvalue weighted by atomic mass is 32.2. The first-order valence-electron chi connectivity index (χ1n) is 13.5. The Hall–Kier alpha value is -4.03. The van der Waals surface area contributed by atoms with E-state index in [9.17, 15) is 13.2 Å². The summed E-state index contributed by atoms with van der Waals surface area (Å²) in [7, 11) is -0.0579. The second-order valence-electron chi connectivity index (χ2n) is 9.98. The maximum absolute atomic E-state index is 12.6. The van der Waals surface area contributed by atoms with Crippen LogP contribution in [0.25, 0.3) is 0 Å². The summed E-state index contributed by atoms with van der Waals surface area (Å²) < 4.78 is 37.1. The molecule has 1 unspecified atom stereocenters. The van der Waals surface area contributed by atoms with Gasteiger partial charge < -0.3 is 30.1 Å². The minimum absolute atomic E-state index is 0.0183. The van der Waals surface area contributed by atoms with Gasteiger partial charge >= 0.3 is 0 Å². The van der Waals surface area contributed by atoms with Crippen molar-refractivity contribution in [3.63, 3.8) is 0 Å². The number of sulfonamides is 1. The van der Waals surface area contributed by atoms with E-state index in [2.05, 4.69) is 10.1 Å². The number of nitrogens with one attached hydrogen (secondary N) is 1. The number of rotatable bonds is 12. The van der Waals surface area contributed by atoms with Crippen molar-refractivity contribution in [2.45, 2.75) is 17.4 Å². The smallest absolute Gasteiger partial charge is 0.246 e. The number of likely N-dealkylation sites (tertiary alicyclic amines) is 1. The third-order valence-electron chi connectivity index (χ3n) is 6.36. The van der Waals surface area contributed by atoms with Gasteiger partial charge in [-0.2, -0.15) is 0 Å². The number of likely N-dealkylation sites (N-methyl/N-ethyl adjacent to an activating group) is 1. The fourth-order valence-electron chi connectivity index (χ4n) is 4.37. The highest BCUT2D eigenvalue weighted by molar-refractivity contribution is 7.89. The van der Waals surface area contributed by atoms with Crippen LogP contribution >= 0.6 is 8.73 Å². The van der Waals surface area contributed by atoms with E-state index in [0.29, 0.717) is 43.2 Å². The van der Waals surface area contributed by atoms with Crippen molar-refractivity contribution in [1.29, 1.82) is 0 Å². The number of carbonyl (C=O) groups excluding carboxylic acids is 1. The monoisotopic (exact) mass is 625 g/mol. The Morgan fingerprint density at radius 3 is 2.63 bits per heavy atom. The number of nitrogens with two attached hydrogens (primary N) is 2. The third kappa shape index (κ3) is 8.74. The molecule has 2 heterocycles. The lowest BCUT2D eigenvalue weighted by atomic mass is 10.2. The largest absolute Gasteiger partial charge is 0.457 e. The number of pyridine rings is 1. The number of amidine groups is 1. The van der Waals surface area contributed by atoms with Gasteiger partial charge in [0.1, 0.15) is 45.1 Å². The summed E-state index contributed by atoms with van der Waals surface area (Å²) in [6.45, 7) is 3.57. The molecule has 12 nitrogen and oxygen atoms in total. The lowest BCUT2D eigenvalue weighted by Crippen LogP contribution is -2.28. The zero-order valence-electron chi connectivity index (χ0n) is 24.2. The number of primary sulfonamides is 1. The molecule has 4 rings (SSSR count). The molecule has 0 aliphatic carbocycles. The molecule has 1 amide bonds. The first-order valence-corrected chi connectivity index (χ1v) is 16.5. The number of carbonyl (C=O) groups is 1. The van der Waals surface area contributed by atoms with Crippen LogP contribution in [0.3, 0.4) is 0 Å². The first kappa shape index (κ1) is 31.9. The Kier molecular flexibility index (Phi) is 10.7. The summed E-state index contributed by atoms with van der Waals surface area (Å²) in [6.07, 6.45) is 5.56. The van der Waals surface area contributed by atoms with Gasteiger partial charge in [-0.1, -0.05) is 24.3 Å². The Bertz CT molecular complexity index is 1600. The lowest BCUT2D eigenvalue weighted by molar-refractivity contribution is -0.125. The molecule has 1 saturated heterocycles. The minimum atomic E-state index is -4.21. The van der Waals surface area contributed by atoms with E-state index < -0.39 is 10.0 Å². The Morgan fingerprint density at radius 2 is 1.93 bits per heavy atom. The minimum Gasteiger partial charge on any atom is -0.457 e. The van der Waals surface area contributed by atoms with Crippen LogP contribution in [-0.2, 0) is 14.8 Å². The van der Waals surface area contributed by atoms with Gasteiger partial charge in [0.2, 0.25) is 15.9 Å². The van der Waals surface area contributed by atoms with Crippen molar-refractivity contribution in [3.8, 4) is 23.0 Å². The third-order valence-corrected chi connectivity index (χ3v) is 7.78. The highest BCUT2D eigenvalue weighted by Gasteiger charge is 2.27. The topological polar surface area (TPSA) is 165 Å². The van der Waals surface area contributed by atoms with Crippen molar-refractivity contribution in [2.24, 2.45) is 15.9 Å². The van der Waals surface area contributed by atoms with Gasteiger partial charge in [0.05, 0.1) is 6.04 Å². The SMILES string of the molecule is CPNc1nccc(Oc2ccc(Oc3ccccc3)cc2S(N)(=O)=O)c1C(N)=N[C@@H]1CCN(C(=O)/C=C/CN(C)C)C1. The van der Waals surface area contributed by atoms with Crippen molar-refractivity contribution in [3.05, 3.63) is 78.5 Å². The summed E-state index contributed by atoms with van der Waals surface area (Å²) in [5.74, 6) is 1.51. The number of nitrogens with zero attached hydrogens (tertiary/aromatic N) is 4. The number of para-hydroxylation sites is 1. The van der Waals surface area contributed by atoms with Crippen molar-refractivity contribution in [1.82, 2.24) is 14.8 Å². The average Bonchev–Trinajstić information content (AvgIpc) is 3.42. The molecule has 228 valence electrons. The van der Waals surface area contributed by atoms with Gasteiger partial charge in [-0.3, -0.25) is 9.79 Å². The number of anilines is 1. The van der Waals surface area contributed by atoms with E-state index in [1.54, 1.807) is 47.4 Å².